The van der Waals surface area contributed by atoms with Crippen LogP contribution in [0.5, 0.6) is 0 Å². The molecular formula is C27H41N3O4. The Balaban J connectivity index is 3.42. The molecule has 0 aliphatic rings. The van der Waals surface area contributed by atoms with Crippen LogP contribution in [-0.4, -0.2) is 47.0 Å². The minimum Gasteiger partial charge on any atom is -0.444 e. The van der Waals surface area contributed by atoms with Crippen molar-refractivity contribution in [1.29, 1.82) is 0 Å². The first kappa shape index (κ1) is 29.0. The molecule has 0 fully saturated rings. The number of hydrogen-bond acceptors (Lipinski definition) is 4. The Bertz CT molecular complexity index is 883. The van der Waals surface area contributed by atoms with Crippen molar-refractivity contribution >= 4 is 17.9 Å². The minimum atomic E-state index is -0.939. The van der Waals surface area contributed by atoms with Gasteiger partial charge in [0.05, 0.1) is 0 Å². The molecule has 0 radical (unpaired) electrons. The third-order valence-electron chi connectivity index (χ3n) is 5.31. The van der Waals surface area contributed by atoms with Gasteiger partial charge in [-0.2, -0.15) is 0 Å². The van der Waals surface area contributed by atoms with E-state index in [4.69, 9.17) is 11.2 Å². The van der Waals surface area contributed by atoms with Gasteiger partial charge < -0.3 is 20.3 Å². The number of rotatable bonds is 10. The van der Waals surface area contributed by atoms with Gasteiger partial charge in [-0.15, -0.1) is 6.42 Å². The fraction of sp³-hybridized carbons (Fsp3) is 0.593. The summed E-state index contributed by atoms with van der Waals surface area (Å²) in [5.74, 6) is 1.71. The highest BCUT2D eigenvalue weighted by molar-refractivity contribution is 5.92. The van der Waals surface area contributed by atoms with Gasteiger partial charge in [0.2, 0.25) is 11.8 Å². The van der Waals surface area contributed by atoms with Gasteiger partial charge in [0.1, 0.15) is 17.7 Å². The Labute approximate surface area is 205 Å². The van der Waals surface area contributed by atoms with Crippen LogP contribution in [-0.2, 0) is 14.3 Å². The number of terminal acetylenes is 1. The van der Waals surface area contributed by atoms with Crippen LogP contribution in [0.3, 0.4) is 0 Å². The van der Waals surface area contributed by atoms with E-state index in [1.807, 2.05) is 27.7 Å². The summed E-state index contributed by atoms with van der Waals surface area (Å²) < 4.78 is 5.36. The molecule has 0 saturated carbocycles. The highest BCUT2D eigenvalue weighted by Crippen LogP contribution is 2.26. The minimum absolute atomic E-state index is 0.0624. The van der Waals surface area contributed by atoms with Crippen molar-refractivity contribution in [1.82, 2.24) is 15.5 Å². The molecule has 0 bridgehead atoms. The van der Waals surface area contributed by atoms with E-state index in [1.54, 1.807) is 52.0 Å². The normalized spacial score (nSPS) is 13.9. The van der Waals surface area contributed by atoms with Gasteiger partial charge in [-0.25, -0.2) is 4.79 Å². The molecule has 188 valence electrons. The number of carbonyl (C=O) groups is 3. The van der Waals surface area contributed by atoms with Gasteiger partial charge in [0.15, 0.2) is 0 Å². The molecular weight excluding hydrogens is 430 g/mol. The van der Waals surface area contributed by atoms with Crippen molar-refractivity contribution in [3.8, 4) is 12.3 Å². The van der Waals surface area contributed by atoms with Crippen LogP contribution in [0.1, 0.15) is 85.4 Å². The highest BCUT2D eigenvalue weighted by Gasteiger charge is 2.37. The number of ether oxygens (including phenoxy) is 1. The van der Waals surface area contributed by atoms with Gasteiger partial charge in [-0.3, -0.25) is 9.59 Å². The van der Waals surface area contributed by atoms with Crippen LogP contribution in [0.4, 0.5) is 4.79 Å². The van der Waals surface area contributed by atoms with E-state index in [9.17, 15) is 14.4 Å². The van der Waals surface area contributed by atoms with E-state index >= 15 is 0 Å². The molecule has 3 unspecified atom stereocenters. The molecule has 0 aliphatic heterocycles. The Hall–Kier alpha value is -3.01. The Morgan fingerprint density at radius 3 is 2.21 bits per heavy atom. The lowest BCUT2D eigenvalue weighted by atomic mass is 9.95. The second-order valence-corrected chi connectivity index (χ2v) is 9.82. The second kappa shape index (κ2) is 13.0. The second-order valence-electron chi connectivity index (χ2n) is 9.82. The largest absolute Gasteiger partial charge is 0.444 e. The molecule has 3 atom stereocenters. The topological polar surface area (TPSA) is 87.7 Å². The zero-order chi connectivity index (χ0) is 26.1. The Kier molecular flexibility index (Phi) is 11.1. The summed E-state index contributed by atoms with van der Waals surface area (Å²) in [5, 5.41) is 5.73. The number of likely N-dealkylation sites (N-methyl/N-ethyl adjacent to an activating group) is 1. The van der Waals surface area contributed by atoms with Gasteiger partial charge in [0, 0.05) is 18.2 Å². The molecule has 0 aliphatic carbocycles. The fourth-order valence-electron chi connectivity index (χ4n) is 3.74. The number of benzene rings is 1. The van der Waals surface area contributed by atoms with E-state index in [2.05, 4.69) is 16.6 Å². The summed E-state index contributed by atoms with van der Waals surface area (Å²) in [4.78, 5) is 41.2. The fourth-order valence-corrected chi connectivity index (χ4v) is 3.74. The van der Waals surface area contributed by atoms with Crippen molar-refractivity contribution in [2.24, 2.45) is 5.92 Å². The summed E-state index contributed by atoms with van der Waals surface area (Å²) in [6.45, 7) is 15.0. The van der Waals surface area contributed by atoms with E-state index in [-0.39, 0.29) is 30.3 Å². The van der Waals surface area contributed by atoms with Crippen LogP contribution in [0.25, 0.3) is 0 Å². The molecule has 7 nitrogen and oxygen atoms in total. The number of carbonyl (C=O) groups excluding carboxylic acids is 3. The summed E-state index contributed by atoms with van der Waals surface area (Å²) in [6.07, 6.45) is 6.77. The molecule has 0 saturated heterocycles. The molecule has 1 aromatic rings. The predicted molar refractivity (Wildman–Crippen MR) is 135 cm³/mol. The number of hydrogen-bond donors (Lipinski definition) is 2. The van der Waals surface area contributed by atoms with Crippen LogP contribution < -0.4 is 10.6 Å². The molecule has 2 N–H and O–H groups in total. The first-order chi connectivity index (χ1) is 15.9. The quantitative estimate of drug-likeness (QED) is 0.495. The third-order valence-corrected chi connectivity index (χ3v) is 5.31. The Morgan fingerprint density at radius 1 is 1.09 bits per heavy atom. The summed E-state index contributed by atoms with van der Waals surface area (Å²) in [6, 6.07) is 5.23. The van der Waals surface area contributed by atoms with Gasteiger partial charge in [-0.1, -0.05) is 51.3 Å². The highest BCUT2D eigenvalue weighted by atomic mass is 16.6. The summed E-state index contributed by atoms with van der Waals surface area (Å²) >= 11 is 0. The van der Waals surface area contributed by atoms with Crippen molar-refractivity contribution in [2.45, 2.75) is 92.0 Å². The molecule has 0 heterocycles. The maximum atomic E-state index is 13.8. The smallest absolute Gasteiger partial charge is 0.408 e. The molecule has 34 heavy (non-hydrogen) atoms. The standard InChI is InChI=1S/C27H41N3O4/c1-10-15-19(6)28-24(31)23(21-17-14-13-16-20(21)11-2)30(12-3)25(32)22(18(4)5)29-26(33)34-27(7,8)9/h2,13-14,16-19,22-23H,10,12,15H2,1,3-9H3,(H,28,31)(H,29,33). The summed E-state index contributed by atoms with van der Waals surface area (Å²) in [5.41, 5.74) is 0.405. The SMILES string of the molecule is C#Cc1ccccc1C(C(=O)NC(C)CCC)N(CC)C(=O)C(NC(=O)OC(C)(C)C)C(C)C. The lowest BCUT2D eigenvalue weighted by molar-refractivity contribution is -0.143. The van der Waals surface area contributed by atoms with Gasteiger partial charge in [-0.05, 0) is 58.6 Å². The van der Waals surface area contributed by atoms with Crippen molar-refractivity contribution in [3.63, 3.8) is 0 Å². The average Bonchev–Trinajstić information content (AvgIpc) is 2.73. The van der Waals surface area contributed by atoms with Crippen molar-refractivity contribution in [3.05, 3.63) is 35.4 Å². The zero-order valence-electron chi connectivity index (χ0n) is 21.9. The molecule has 0 aromatic heterocycles. The maximum Gasteiger partial charge on any atom is 0.408 e. The molecule has 3 amide bonds. The molecule has 7 heteroatoms. The van der Waals surface area contributed by atoms with Crippen LogP contribution >= 0.6 is 0 Å². The van der Waals surface area contributed by atoms with Gasteiger partial charge in [0.25, 0.3) is 0 Å². The van der Waals surface area contributed by atoms with E-state index in [1.165, 1.54) is 4.90 Å². The number of alkyl carbamates (subject to hydrolysis) is 1. The molecule has 1 aromatic carbocycles. The first-order valence-electron chi connectivity index (χ1n) is 12.0. The lowest BCUT2D eigenvalue weighted by Crippen LogP contribution is -2.55. The lowest BCUT2D eigenvalue weighted by Gasteiger charge is -2.35. The van der Waals surface area contributed by atoms with Crippen molar-refractivity contribution < 1.29 is 19.1 Å². The number of nitrogens with one attached hydrogen (secondary N) is 2. The molecule has 0 spiro atoms. The molecule has 1 rings (SSSR count). The van der Waals surface area contributed by atoms with E-state index in [0.717, 1.165) is 12.8 Å². The van der Waals surface area contributed by atoms with Crippen LogP contribution in [0, 0.1) is 18.3 Å². The maximum absolute atomic E-state index is 13.8. The Morgan fingerprint density at radius 2 is 1.71 bits per heavy atom. The summed E-state index contributed by atoms with van der Waals surface area (Å²) in [7, 11) is 0. The van der Waals surface area contributed by atoms with Crippen molar-refractivity contribution in [2.75, 3.05) is 6.54 Å². The van der Waals surface area contributed by atoms with E-state index < -0.39 is 23.8 Å². The number of amides is 3. The zero-order valence-corrected chi connectivity index (χ0v) is 21.9. The van der Waals surface area contributed by atoms with Crippen LogP contribution in [0.2, 0.25) is 0 Å². The van der Waals surface area contributed by atoms with Crippen LogP contribution in [0.15, 0.2) is 24.3 Å². The average molecular weight is 472 g/mol. The van der Waals surface area contributed by atoms with E-state index in [0.29, 0.717) is 11.1 Å². The first-order valence-corrected chi connectivity index (χ1v) is 12.0. The third kappa shape index (κ3) is 8.40. The predicted octanol–water partition coefficient (Wildman–Crippen LogP) is 4.41. The number of nitrogens with zero attached hydrogens (tertiary/aromatic N) is 1. The van der Waals surface area contributed by atoms with Gasteiger partial charge >= 0.3 is 6.09 Å². The monoisotopic (exact) mass is 471 g/mol.